The Morgan fingerprint density at radius 1 is 1.80 bits per heavy atom. The van der Waals surface area contributed by atoms with Crippen molar-refractivity contribution in [1.29, 1.82) is 0 Å². The molecule has 0 aromatic carbocycles. The van der Waals surface area contributed by atoms with Crippen molar-refractivity contribution in [2.75, 3.05) is 6.61 Å². The van der Waals surface area contributed by atoms with Crippen LogP contribution in [0.5, 0.6) is 0 Å². The lowest BCUT2D eigenvalue weighted by Crippen LogP contribution is -2.09. The Balaban J connectivity index is 2.08. The summed E-state index contributed by atoms with van der Waals surface area (Å²) in [5.74, 6) is -0.941. The molecule has 82 valence electrons. The van der Waals surface area contributed by atoms with Gasteiger partial charge in [-0.05, 0) is 18.9 Å². The number of carboxylic acids is 1. The molecule has 2 rings (SSSR count). The van der Waals surface area contributed by atoms with E-state index in [9.17, 15) is 4.79 Å². The summed E-state index contributed by atoms with van der Waals surface area (Å²) in [7, 11) is 1.64. The number of hydrogen-bond donors (Lipinski definition) is 1. The van der Waals surface area contributed by atoms with Gasteiger partial charge in [0.25, 0.3) is 0 Å². The molecule has 1 aromatic heterocycles. The minimum atomic E-state index is -0.941. The zero-order valence-corrected chi connectivity index (χ0v) is 8.64. The van der Waals surface area contributed by atoms with Gasteiger partial charge in [0.2, 0.25) is 0 Å². The number of hydrogen-bond acceptors (Lipinski definition) is 3. The molecule has 5 heteroatoms. The molecule has 1 fully saturated rings. The first-order valence-corrected chi connectivity index (χ1v) is 5.04. The maximum Gasteiger partial charge on any atom is 0.354 e. The third-order valence-electron chi connectivity index (χ3n) is 2.61. The Labute approximate surface area is 87.7 Å². The van der Waals surface area contributed by atoms with E-state index < -0.39 is 5.97 Å². The molecule has 1 aliphatic rings. The highest BCUT2D eigenvalue weighted by molar-refractivity contribution is 5.85. The second-order valence-electron chi connectivity index (χ2n) is 3.79. The minimum absolute atomic E-state index is 0.210. The van der Waals surface area contributed by atoms with Crippen LogP contribution < -0.4 is 0 Å². The van der Waals surface area contributed by atoms with Gasteiger partial charge in [-0.15, -0.1) is 0 Å². The van der Waals surface area contributed by atoms with Crippen LogP contribution in [0, 0.1) is 0 Å². The average molecular weight is 210 g/mol. The standard InChI is InChI=1S/C10H14N2O3/c1-12-9(10(13)14)6-7(11-12)5-8-3-2-4-15-8/h6,8H,2-5H2,1H3,(H,13,14). The summed E-state index contributed by atoms with van der Waals surface area (Å²) >= 11 is 0. The lowest BCUT2D eigenvalue weighted by molar-refractivity contribution is 0.0685. The molecule has 15 heavy (non-hydrogen) atoms. The molecule has 0 radical (unpaired) electrons. The summed E-state index contributed by atoms with van der Waals surface area (Å²) in [6, 6.07) is 1.62. The number of aryl methyl sites for hydroxylation is 1. The molecule has 1 aromatic rings. The molecule has 2 heterocycles. The fourth-order valence-corrected chi connectivity index (χ4v) is 1.87. The van der Waals surface area contributed by atoms with Gasteiger partial charge in [0.05, 0.1) is 11.8 Å². The Morgan fingerprint density at radius 2 is 2.60 bits per heavy atom. The topological polar surface area (TPSA) is 64.4 Å². The maximum atomic E-state index is 10.8. The van der Waals surface area contributed by atoms with E-state index in [1.165, 1.54) is 4.68 Å². The maximum absolute atomic E-state index is 10.8. The molecule has 5 nitrogen and oxygen atoms in total. The number of ether oxygens (including phenoxy) is 1. The lowest BCUT2D eigenvalue weighted by atomic mass is 10.1. The fourth-order valence-electron chi connectivity index (χ4n) is 1.87. The van der Waals surface area contributed by atoms with E-state index in [1.54, 1.807) is 13.1 Å². The molecular weight excluding hydrogens is 196 g/mol. The van der Waals surface area contributed by atoms with E-state index in [4.69, 9.17) is 9.84 Å². The molecular formula is C10H14N2O3. The van der Waals surface area contributed by atoms with Gasteiger partial charge in [-0.25, -0.2) is 4.79 Å². The van der Waals surface area contributed by atoms with E-state index >= 15 is 0 Å². The average Bonchev–Trinajstić information content (AvgIpc) is 2.75. The predicted molar refractivity (Wildman–Crippen MR) is 52.8 cm³/mol. The second kappa shape index (κ2) is 4.02. The van der Waals surface area contributed by atoms with Crippen LogP contribution in [-0.2, 0) is 18.2 Å². The van der Waals surface area contributed by atoms with Crippen LogP contribution in [-0.4, -0.2) is 33.6 Å². The van der Waals surface area contributed by atoms with E-state index in [0.29, 0.717) is 6.42 Å². The molecule has 0 amide bonds. The van der Waals surface area contributed by atoms with Gasteiger partial charge in [-0.3, -0.25) is 4.68 Å². The van der Waals surface area contributed by atoms with Crippen molar-refractivity contribution in [2.24, 2.45) is 7.05 Å². The zero-order chi connectivity index (χ0) is 10.8. The zero-order valence-electron chi connectivity index (χ0n) is 8.64. The first kappa shape index (κ1) is 10.2. The Bertz CT molecular complexity index is 367. The van der Waals surface area contributed by atoms with Crippen molar-refractivity contribution in [2.45, 2.75) is 25.4 Å². The van der Waals surface area contributed by atoms with Crippen molar-refractivity contribution in [3.63, 3.8) is 0 Å². The van der Waals surface area contributed by atoms with Gasteiger partial charge in [0.15, 0.2) is 0 Å². The van der Waals surface area contributed by atoms with E-state index in [-0.39, 0.29) is 11.8 Å². The van der Waals surface area contributed by atoms with Gasteiger partial charge >= 0.3 is 5.97 Å². The van der Waals surface area contributed by atoms with Crippen molar-refractivity contribution in [1.82, 2.24) is 9.78 Å². The number of aromatic nitrogens is 2. The van der Waals surface area contributed by atoms with Crippen LogP contribution >= 0.6 is 0 Å². The number of nitrogens with zero attached hydrogens (tertiary/aromatic N) is 2. The third kappa shape index (κ3) is 2.18. The highest BCUT2D eigenvalue weighted by Gasteiger charge is 2.19. The van der Waals surface area contributed by atoms with Gasteiger partial charge in [-0.2, -0.15) is 5.10 Å². The van der Waals surface area contributed by atoms with Crippen molar-refractivity contribution in [3.8, 4) is 0 Å². The molecule has 0 saturated carbocycles. The summed E-state index contributed by atoms with van der Waals surface area (Å²) in [5, 5.41) is 13.0. The Kier molecular flexibility index (Phi) is 2.73. The summed E-state index contributed by atoms with van der Waals surface area (Å²) in [5.41, 5.74) is 1.02. The van der Waals surface area contributed by atoms with Gasteiger partial charge in [-0.1, -0.05) is 0 Å². The van der Waals surface area contributed by atoms with Gasteiger partial charge < -0.3 is 9.84 Å². The molecule has 0 aliphatic carbocycles. The highest BCUT2D eigenvalue weighted by Crippen LogP contribution is 2.16. The third-order valence-corrected chi connectivity index (χ3v) is 2.61. The van der Waals surface area contributed by atoms with Crippen molar-refractivity contribution >= 4 is 5.97 Å². The molecule has 1 N–H and O–H groups in total. The minimum Gasteiger partial charge on any atom is -0.477 e. The summed E-state index contributed by atoms with van der Waals surface area (Å²) in [4.78, 5) is 10.8. The number of rotatable bonds is 3. The van der Waals surface area contributed by atoms with Crippen molar-refractivity contribution < 1.29 is 14.6 Å². The van der Waals surface area contributed by atoms with Crippen LogP contribution in [0.3, 0.4) is 0 Å². The van der Waals surface area contributed by atoms with E-state index in [0.717, 1.165) is 25.1 Å². The largest absolute Gasteiger partial charge is 0.477 e. The summed E-state index contributed by atoms with van der Waals surface area (Å²) in [6.07, 6.45) is 3.05. The van der Waals surface area contributed by atoms with Crippen LogP contribution in [0.15, 0.2) is 6.07 Å². The van der Waals surface area contributed by atoms with Crippen LogP contribution in [0.1, 0.15) is 29.0 Å². The van der Waals surface area contributed by atoms with E-state index in [2.05, 4.69) is 5.10 Å². The first-order valence-electron chi connectivity index (χ1n) is 5.04. The molecule has 1 atom stereocenters. The molecule has 1 aliphatic heterocycles. The fraction of sp³-hybridized carbons (Fsp3) is 0.600. The highest BCUT2D eigenvalue weighted by atomic mass is 16.5. The molecule has 0 spiro atoms. The van der Waals surface area contributed by atoms with Crippen LogP contribution in [0.4, 0.5) is 0 Å². The normalized spacial score (nSPS) is 20.7. The lowest BCUT2D eigenvalue weighted by Gasteiger charge is -2.05. The number of carboxylic acid groups (broad SMARTS) is 1. The SMILES string of the molecule is Cn1nc(CC2CCCO2)cc1C(=O)O. The smallest absolute Gasteiger partial charge is 0.354 e. The quantitative estimate of drug-likeness (QED) is 0.802. The molecule has 1 saturated heterocycles. The van der Waals surface area contributed by atoms with Crippen LogP contribution in [0.25, 0.3) is 0 Å². The van der Waals surface area contributed by atoms with Gasteiger partial charge in [0.1, 0.15) is 5.69 Å². The summed E-state index contributed by atoms with van der Waals surface area (Å²) < 4.78 is 6.87. The molecule has 1 unspecified atom stereocenters. The first-order chi connectivity index (χ1) is 7.16. The summed E-state index contributed by atoms with van der Waals surface area (Å²) in [6.45, 7) is 0.809. The second-order valence-corrected chi connectivity index (χ2v) is 3.79. The predicted octanol–water partition coefficient (Wildman–Crippen LogP) is 0.840. The Hall–Kier alpha value is -1.36. The number of carbonyl (C=O) groups is 1. The monoisotopic (exact) mass is 210 g/mol. The van der Waals surface area contributed by atoms with Crippen molar-refractivity contribution in [3.05, 3.63) is 17.5 Å². The number of aromatic carboxylic acids is 1. The molecule has 0 bridgehead atoms. The van der Waals surface area contributed by atoms with Crippen LogP contribution in [0.2, 0.25) is 0 Å². The van der Waals surface area contributed by atoms with E-state index in [1.807, 2.05) is 0 Å². The van der Waals surface area contributed by atoms with Gasteiger partial charge in [0, 0.05) is 20.1 Å². The Morgan fingerprint density at radius 3 is 3.13 bits per heavy atom.